The third-order valence-electron chi connectivity index (χ3n) is 5.02. The zero-order valence-electron chi connectivity index (χ0n) is 12.0. The smallest absolute Gasteiger partial charge is 0.206 e. The summed E-state index contributed by atoms with van der Waals surface area (Å²) in [5.41, 5.74) is 2.95. The third kappa shape index (κ3) is 1.63. The topological polar surface area (TPSA) is 37.4 Å². The molecule has 1 fully saturated rings. The molecule has 1 aliphatic heterocycles. The van der Waals surface area contributed by atoms with E-state index in [0.717, 1.165) is 37.1 Å². The summed E-state index contributed by atoms with van der Waals surface area (Å²) in [5.74, 6) is 0.712. The standard InChI is InChI=1S/C16H21NO2/c1-9-10(2)13-12(9)15(18)11(3)14(16(13)19)17-7-5-4-6-8-17/h9-10H,4-8H2,1-3H3/t9?,10-/m0/s1. The highest BCUT2D eigenvalue weighted by atomic mass is 16.1. The summed E-state index contributed by atoms with van der Waals surface area (Å²) in [6.45, 7) is 7.76. The first-order valence-electron chi connectivity index (χ1n) is 7.33. The number of likely N-dealkylation sites (tertiary alicyclic amines) is 1. The molecule has 0 saturated carbocycles. The highest BCUT2D eigenvalue weighted by molar-refractivity contribution is 6.26. The molecule has 1 saturated heterocycles. The van der Waals surface area contributed by atoms with Gasteiger partial charge in [-0.3, -0.25) is 9.59 Å². The van der Waals surface area contributed by atoms with Crippen molar-refractivity contribution < 1.29 is 9.59 Å². The first-order chi connectivity index (χ1) is 9.04. The van der Waals surface area contributed by atoms with Crippen LogP contribution in [0.5, 0.6) is 0 Å². The van der Waals surface area contributed by atoms with E-state index in [1.54, 1.807) is 0 Å². The van der Waals surface area contributed by atoms with Crippen LogP contribution in [0.15, 0.2) is 22.4 Å². The Morgan fingerprint density at radius 3 is 2.00 bits per heavy atom. The van der Waals surface area contributed by atoms with Crippen LogP contribution >= 0.6 is 0 Å². The fourth-order valence-electron chi connectivity index (χ4n) is 3.66. The van der Waals surface area contributed by atoms with E-state index in [2.05, 4.69) is 11.8 Å². The van der Waals surface area contributed by atoms with Crippen molar-refractivity contribution in [1.82, 2.24) is 4.90 Å². The molecule has 3 heteroatoms. The van der Waals surface area contributed by atoms with Crippen LogP contribution in [-0.2, 0) is 9.59 Å². The van der Waals surface area contributed by atoms with Crippen molar-refractivity contribution in [1.29, 1.82) is 0 Å². The van der Waals surface area contributed by atoms with E-state index in [-0.39, 0.29) is 23.4 Å². The normalized spacial score (nSPS) is 31.6. The maximum Gasteiger partial charge on any atom is 0.206 e. The van der Waals surface area contributed by atoms with Gasteiger partial charge in [-0.1, -0.05) is 13.8 Å². The lowest BCUT2D eigenvalue weighted by Crippen LogP contribution is -2.44. The van der Waals surface area contributed by atoms with E-state index in [4.69, 9.17) is 0 Å². The Morgan fingerprint density at radius 2 is 1.42 bits per heavy atom. The first kappa shape index (κ1) is 12.6. The van der Waals surface area contributed by atoms with Gasteiger partial charge in [-0.25, -0.2) is 0 Å². The van der Waals surface area contributed by atoms with Crippen LogP contribution < -0.4 is 0 Å². The second-order valence-corrected chi connectivity index (χ2v) is 6.08. The number of nitrogens with zero attached hydrogens (tertiary/aromatic N) is 1. The molecule has 0 N–H and O–H groups in total. The van der Waals surface area contributed by atoms with E-state index in [1.165, 1.54) is 6.42 Å². The highest BCUT2D eigenvalue weighted by Crippen LogP contribution is 2.46. The molecular weight excluding hydrogens is 238 g/mol. The molecule has 0 bridgehead atoms. The van der Waals surface area contributed by atoms with Gasteiger partial charge < -0.3 is 4.90 Å². The quantitative estimate of drug-likeness (QED) is 0.679. The average Bonchev–Trinajstić information content (AvgIpc) is 2.43. The van der Waals surface area contributed by atoms with Crippen LogP contribution in [-0.4, -0.2) is 29.6 Å². The minimum atomic E-state index is 0.112. The minimum absolute atomic E-state index is 0.112. The molecule has 3 aliphatic rings. The predicted octanol–water partition coefficient (Wildman–Crippen LogP) is 2.48. The Morgan fingerprint density at radius 1 is 0.895 bits per heavy atom. The molecule has 2 aliphatic carbocycles. The van der Waals surface area contributed by atoms with E-state index < -0.39 is 0 Å². The summed E-state index contributed by atoms with van der Waals surface area (Å²) in [5, 5.41) is 0. The molecule has 0 radical (unpaired) electrons. The van der Waals surface area contributed by atoms with Crippen molar-refractivity contribution in [3.8, 4) is 0 Å². The van der Waals surface area contributed by atoms with Crippen molar-refractivity contribution in [3.63, 3.8) is 0 Å². The maximum atomic E-state index is 12.7. The summed E-state index contributed by atoms with van der Waals surface area (Å²) < 4.78 is 0. The SMILES string of the molecule is CC1=C(N2CCCCC2)C(=O)C2=C(C1=O)C(C)[C@@H]2C. The van der Waals surface area contributed by atoms with Crippen LogP contribution in [0.1, 0.15) is 40.0 Å². The van der Waals surface area contributed by atoms with E-state index in [9.17, 15) is 9.59 Å². The molecule has 3 rings (SSSR count). The van der Waals surface area contributed by atoms with Gasteiger partial charge in [-0.2, -0.15) is 0 Å². The highest BCUT2D eigenvalue weighted by Gasteiger charge is 2.47. The second kappa shape index (κ2) is 4.32. The molecule has 2 atom stereocenters. The number of hydrogen-bond acceptors (Lipinski definition) is 3. The average molecular weight is 259 g/mol. The van der Waals surface area contributed by atoms with Gasteiger partial charge in [0.2, 0.25) is 5.78 Å². The molecule has 0 spiro atoms. The lowest BCUT2D eigenvalue weighted by molar-refractivity contribution is -0.120. The Hall–Kier alpha value is -1.38. The Balaban J connectivity index is 1.99. The molecule has 0 aromatic carbocycles. The fourth-order valence-corrected chi connectivity index (χ4v) is 3.66. The van der Waals surface area contributed by atoms with Crippen molar-refractivity contribution >= 4 is 11.6 Å². The number of carbonyl (C=O) groups is 2. The lowest BCUT2D eigenvalue weighted by atomic mass is 9.63. The molecule has 102 valence electrons. The van der Waals surface area contributed by atoms with Crippen LogP contribution in [0, 0.1) is 11.8 Å². The summed E-state index contributed by atoms with van der Waals surface area (Å²) in [4.78, 5) is 27.3. The van der Waals surface area contributed by atoms with Crippen molar-refractivity contribution in [3.05, 3.63) is 22.4 Å². The van der Waals surface area contributed by atoms with Gasteiger partial charge in [0.25, 0.3) is 0 Å². The number of ketones is 2. The number of allylic oxidation sites excluding steroid dienone is 3. The molecule has 1 unspecified atom stereocenters. The second-order valence-electron chi connectivity index (χ2n) is 6.08. The largest absolute Gasteiger partial charge is 0.368 e. The summed E-state index contributed by atoms with van der Waals surface area (Å²) in [6.07, 6.45) is 3.47. The fraction of sp³-hybridized carbons (Fsp3) is 0.625. The first-order valence-corrected chi connectivity index (χ1v) is 7.33. The number of rotatable bonds is 1. The van der Waals surface area contributed by atoms with E-state index in [1.807, 2.05) is 13.8 Å². The number of piperidine rings is 1. The number of Topliss-reactive ketones (excluding diaryl/α,β-unsaturated/α-hetero) is 2. The molecular formula is C16H21NO2. The van der Waals surface area contributed by atoms with Gasteiger partial charge in [0, 0.05) is 29.8 Å². The van der Waals surface area contributed by atoms with Gasteiger partial charge in [-0.15, -0.1) is 0 Å². The van der Waals surface area contributed by atoms with Gasteiger partial charge in [0.05, 0.1) is 5.70 Å². The Kier molecular flexibility index (Phi) is 2.88. The van der Waals surface area contributed by atoms with Crippen molar-refractivity contribution in [2.45, 2.75) is 40.0 Å². The predicted molar refractivity (Wildman–Crippen MR) is 73.5 cm³/mol. The van der Waals surface area contributed by atoms with Crippen LogP contribution in [0.3, 0.4) is 0 Å². The van der Waals surface area contributed by atoms with Crippen LogP contribution in [0.25, 0.3) is 0 Å². The molecule has 0 aromatic heterocycles. The minimum Gasteiger partial charge on any atom is -0.368 e. The van der Waals surface area contributed by atoms with Gasteiger partial charge in [0.15, 0.2) is 5.78 Å². The number of hydrogen-bond donors (Lipinski definition) is 0. The Labute approximate surface area is 114 Å². The Bertz CT molecular complexity index is 521. The van der Waals surface area contributed by atoms with Crippen LogP contribution in [0.4, 0.5) is 0 Å². The molecule has 19 heavy (non-hydrogen) atoms. The van der Waals surface area contributed by atoms with E-state index >= 15 is 0 Å². The lowest BCUT2D eigenvalue weighted by Gasteiger charge is -2.42. The third-order valence-corrected chi connectivity index (χ3v) is 5.02. The van der Waals surface area contributed by atoms with Gasteiger partial charge >= 0.3 is 0 Å². The number of carbonyl (C=O) groups excluding carboxylic acids is 2. The van der Waals surface area contributed by atoms with E-state index in [0.29, 0.717) is 11.3 Å². The summed E-state index contributed by atoms with van der Waals surface area (Å²) in [6, 6.07) is 0. The summed E-state index contributed by atoms with van der Waals surface area (Å²) >= 11 is 0. The molecule has 3 nitrogen and oxygen atoms in total. The van der Waals surface area contributed by atoms with Gasteiger partial charge in [0.1, 0.15) is 0 Å². The maximum absolute atomic E-state index is 12.7. The zero-order valence-corrected chi connectivity index (χ0v) is 12.0. The van der Waals surface area contributed by atoms with Crippen molar-refractivity contribution in [2.75, 3.05) is 13.1 Å². The van der Waals surface area contributed by atoms with Crippen molar-refractivity contribution in [2.24, 2.45) is 11.8 Å². The molecule has 0 aromatic rings. The zero-order chi connectivity index (χ0) is 13.7. The van der Waals surface area contributed by atoms with Gasteiger partial charge in [-0.05, 0) is 38.0 Å². The molecule has 1 heterocycles. The summed E-state index contributed by atoms with van der Waals surface area (Å²) in [7, 11) is 0. The monoisotopic (exact) mass is 259 g/mol. The van der Waals surface area contributed by atoms with Crippen LogP contribution in [0.2, 0.25) is 0 Å². The molecule has 0 amide bonds.